The number of nitrogens with zero attached hydrogens (tertiary/aromatic N) is 1. The first-order chi connectivity index (χ1) is 14.5. The van der Waals surface area contributed by atoms with E-state index in [1.165, 1.54) is 16.7 Å². The predicted molar refractivity (Wildman–Crippen MR) is 119 cm³/mol. The average molecular weight is 404 g/mol. The lowest BCUT2D eigenvalue weighted by molar-refractivity contribution is -0.119. The molecule has 30 heavy (non-hydrogen) atoms. The van der Waals surface area contributed by atoms with Gasteiger partial charge in [-0.1, -0.05) is 24.3 Å². The second kappa shape index (κ2) is 8.88. The molecule has 1 aliphatic heterocycles. The Balaban J connectivity index is 1.72. The summed E-state index contributed by atoms with van der Waals surface area (Å²) in [6.45, 7) is 2.45. The largest absolute Gasteiger partial charge is 0.489 e. The summed E-state index contributed by atoms with van der Waals surface area (Å²) in [7, 11) is 1.88. The van der Waals surface area contributed by atoms with Gasteiger partial charge < -0.3 is 14.7 Å². The van der Waals surface area contributed by atoms with Gasteiger partial charge in [0.25, 0.3) is 0 Å². The number of aliphatic hydroxyl groups is 1. The summed E-state index contributed by atoms with van der Waals surface area (Å²) in [5.41, 5.74) is 6.84. The quantitative estimate of drug-likeness (QED) is 0.807. The second-order valence-corrected chi connectivity index (χ2v) is 8.28. The molecule has 2 aromatic carbocycles. The Morgan fingerprint density at radius 2 is 1.90 bits per heavy atom. The molecule has 0 aromatic heterocycles. The Morgan fingerprint density at radius 3 is 2.67 bits per heavy atom. The number of rotatable bonds is 4. The van der Waals surface area contributed by atoms with E-state index < -0.39 is 6.23 Å². The zero-order valence-corrected chi connectivity index (χ0v) is 17.7. The van der Waals surface area contributed by atoms with E-state index in [0.29, 0.717) is 25.2 Å². The molecule has 4 rings (SSSR count). The number of hydrogen-bond donors (Lipinski definition) is 1. The summed E-state index contributed by atoms with van der Waals surface area (Å²) in [5, 5.41) is 10.2. The van der Waals surface area contributed by atoms with Gasteiger partial charge in [0.15, 0.2) is 0 Å². The first kappa shape index (κ1) is 20.4. The Morgan fingerprint density at radius 1 is 1.10 bits per heavy atom. The Bertz CT molecular complexity index is 991. The van der Waals surface area contributed by atoms with Crippen LogP contribution in [0.15, 0.2) is 60.3 Å². The molecule has 1 N–H and O–H groups in total. The van der Waals surface area contributed by atoms with Crippen LogP contribution in [-0.2, 0) is 24.2 Å². The minimum absolute atomic E-state index is 0.351. The minimum atomic E-state index is -0.586. The maximum absolute atomic E-state index is 12.1. The van der Waals surface area contributed by atoms with Crippen molar-refractivity contribution in [3.05, 3.63) is 82.6 Å². The molecule has 2 aromatic rings. The topological polar surface area (TPSA) is 49.8 Å². The number of ether oxygens (including phenoxy) is 1. The van der Waals surface area contributed by atoms with Crippen LogP contribution in [0.1, 0.15) is 48.4 Å². The number of benzene rings is 2. The van der Waals surface area contributed by atoms with Gasteiger partial charge in [0, 0.05) is 26.1 Å². The number of hydrogen-bond acceptors (Lipinski definition) is 4. The van der Waals surface area contributed by atoms with Crippen molar-refractivity contribution in [1.29, 1.82) is 0 Å². The normalized spacial score (nSPS) is 19.4. The number of aliphatic hydroxyl groups excluding tert-OH is 1. The van der Waals surface area contributed by atoms with Crippen LogP contribution in [0.5, 0.6) is 5.75 Å². The van der Waals surface area contributed by atoms with Gasteiger partial charge in [0.05, 0.1) is 0 Å². The average Bonchev–Trinajstić information content (AvgIpc) is 2.74. The number of allylic oxidation sites excluding steroid dienone is 2. The van der Waals surface area contributed by atoms with E-state index in [9.17, 15) is 9.90 Å². The highest BCUT2D eigenvalue weighted by Crippen LogP contribution is 2.31. The number of carbonyl (C=O) groups is 1. The van der Waals surface area contributed by atoms with E-state index in [4.69, 9.17) is 4.74 Å². The fourth-order valence-corrected chi connectivity index (χ4v) is 4.30. The number of Topliss-reactive ketones (excluding diaryl/α,β-unsaturated/α-hetero) is 1. The van der Waals surface area contributed by atoms with Crippen LogP contribution in [0.3, 0.4) is 0 Å². The van der Waals surface area contributed by atoms with E-state index in [-0.39, 0.29) is 0 Å². The number of aryl methyl sites for hydroxylation is 1. The zero-order valence-electron chi connectivity index (χ0n) is 17.7. The Hall–Kier alpha value is -2.85. The smallest absolute Gasteiger partial charge is 0.148 e. The van der Waals surface area contributed by atoms with Crippen LogP contribution in [0.2, 0.25) is 0 Å². The van der Waals surface area contributed by atoms with Crippen molar-refractivity contribution in [3.63, 3.8) is 0 Å². The van der Waals surface area contributed by atoms with Gasteiger partial charge in [0.2, 0.25) is 0 Å². The lowest BCUT2D eigenvalue weighted by Crippen LogP contribution is -2.30. The van der Waals surface area contributed by atoms with Crippen molar-refractivity contribution in [1.82, 2.24) is 4.90 Å². The standard InChI is InChI=1S/C26H29NO3/c1-18-13-21(16-27(2)26(18)29)20-14-19-11-12-23(28)7-6-10-25(19)22(15-20)17-30-24-8-4-3-5-9-24/h3-5,8-9,13-16,26,29H,6-7,10-12,17H2,1-2H3. The monoisotopic (exact) mass is 403 g/mol. The van der Waals surface area contributed by atoms with Crippen molar-refractivity contribution in [2.75, 3.05) is 7.05 Å². The summed E-state index contributed by atoms with van der Waals surface area (Å²) in [4.78, 5) is 13.9. The summed E-state index contributed by atoms with van der Waals surface area (Å²) < 4.78 is 6.10. The molecule has 0 fully saturated rings. The molecule has 0 spiro atoms. The molecule has 0 amide bonds. The van der Waals surface area contributed by atoms with Crippen LogP contribution in [0, 0.1) is 0 Å². The first-order valence-electron chi connectivity index (χ1n) is 10.7. The molecule has 0 radical (unpaired) electrons. The van der Waals surface area contributed by atoms with Crippen LogP contribution in [0.25, 0.3) is 5.57 Å². The Kier molecular flexibility index (Phi) is 6.05. The molecule has 4 nitrogen and oxygen atoms in total. The third kappa shape index (κ3) is 4.49. The van der Waals surface area contributed by atoms with Gasteiger partial charge in [-0.3, -0.25) is 4.79 Å². The maximum Gasteiger partial charge on any atom is 0.148 e. The number of likely N-dealkylation sites (N-methyl/N-ethyl adjacent to an activating group) is 1. The van der Waals surface area contributed by atoms with Crippen molar-refractivity contribution >= 4 is 11.4 Å². The second-order valence-electron chi connectivity index (χ2n) is 8.28. The summed E-state index contributed by atoms with van der Waals surface area (Å²) in [5.74, 6) is 1.21. The fourth-order valence-electron chi connectivity index (χ4n) is 4.30. The van der Waals surface area contributed by atoms with Gasteiger partial charge in [-0.05, 0) is 83.9 Å². The molecule has 1 heterocycles. The summed E-state index contributed by atoms with van der Waals surface area (Å²) in [6.07, 6.45) is 7.27. The van der Waals surface area contributed by atoms with Gasteiger partial charge in [-0.15, -0.1) is 0 Å². The van der Waals surface area contributed by atoms with Gasteiger partial charge in [0.1, 0.15) is 24.4 Å². The summed E-state index contributed by atoms with van der Waals surface area (Å²) in [6, 6.07) is 14.3. The van der Waals surface area contributed by atoms with E-state index >= 15 is 0 Å². The highest BCUT2D eigenvalue weighted by Gasteiger charge is 2.20. The third-order valence-corrected chi connectivity index (χ3v) is 5.98. The van der Waals surface area contributed by atoms with E-state index in [2.05, 4.69) is 12.1 Å². The van der Waals surface area contributed by atoms with Crippen LogP contribution in [-0.4, -0.2) is 29.1 Å². The predicted octanol–water partition coefficient (Wildman–Crippen LogP) is 4.65. The van der Waals surface area contributed by atoms with Gasteiger partial charge in [-0.2, -0.15) is 0 Å². The molecular weight excluding hydrogens is 374 g/mol. The molecule has 0 saturated carbocycles. The first-order valence-corrected chi connectivity index (χ1v) is 10.7. The van der Waals surface area contributed by atoms with Gasteiger partial charge in [-0.25, -0.2) is 0 Å². The van der Waals surface area contributed by atoms with E-state index in [0.717, 1.165) is 41.7 Å². The van der Waals surface area contributed by atoms with E-state index in [1.54, 1.807) is 0 Å². The van der Waals surface area contributed by atoms with Crippen LogP contribution in [0.4, 0.5) is 0 Å². The van der Waals surface area contributed by atoms with Crippen LogP contribution >= 0.6 is 0 Å². The van der Waals surface area contributed by atoms with Crippen molar-refractivity contribution < 1.29 is 14.6 Å². The highest BCUT2D eigenvalue weighted by atomic mass is 16.5. The van der Waals surface area contributed by atoms with Gasteiger partial charge >= 0.3 is 0 Å². The van der Waals surface area contributed by atoms with Crippen molar-refractivity contribution in [2.24, 2.45) is 0 Å². The molecule has 1 atom stereocenters. The van der Waals surface area contributed by atoms with Crippen molar-refractivity contribution in [2.45, 2.75) is 51.9 Å². The van der Waals surface area contributed by atoms with E-state index in [1.807, 2.05) is 61.5 Å². The lowest BCUT2D eigenvalue weighted by Gasteiger charge is -2.28. The number of carbonyl (C=O) groups excluding carboxylic acids is 1. The number of ketones is 1. The SMILES string of the molecule is CC1=CC(c2cc3c(c(COc4ccccc4)c2)CCCC(=O)CC3)=CN(C)C1O. The molecule has 0 saturated heterocycles. The number of fused-ring (bicyclic) bond motifs is 1. The molecular formula is C26H29NO3. The number of para-hydroxylation sites is 1. The Labute approximate surface area is 178 Å². The summed E-state index contributed by atoms with van der Waals surface area (Å²) >= 11 is 0. The molecule has 0 bridgehead atoms. The fraction of sp³-hybridized carbons (Fsp3) is 0.346. The minimum Gasteiger partial charge on any atom is -0.489 e. The molecule has 2 aliphatic rings. The zero-order chi connectivity index (χ0) is 21.1. The lowest BCUT2D eigenvalue weighted by atomic mass is 9.86. The molecule has 1 unspecified atom stereocenters. The van der Waals surface area contributed by atoms with Crippen molar-refractivity contribution in [3.8, 4) is 5.75 Å². The van der Waals surface area contributed by atoms with Crippen LogP contribution < -0.4 is 4.74 Å². The highest BCUT2D eigenvalue weighted by molar-refractivity contribution is 5.80. The molecule has 4 heteroatoms. The third-order valence-electron chi connectivity index (χ3n) is 5.98. The maximum atomic E-state index is 12.1. The molecule has 156 valence electrons. The molecule has 1 aliphatic carbocycles.